The molecule has 2 N–H and O–H groups in total. The van der Waals surface area contributed by atoms with Crippen LogP contribution in [-0.2, 0) is 6.54 Å². The highest BCUT2D eigenvalue weighted by Crippen LogP contribution is 2.30. The minimum Gasteiger partial charge on any atom is -0.341 e. The van der Waals surface area contributed by atoms with Crippen LogP contribution in [0.3, 0.4) is 0 Å². The highest BCUT2D eigenvalue weighted by atomic mass is 32.2. The first kappa shape index (κ1) is 14.0. The van der Waals surface area contributed by atoms with Crippen LogP contribution in [0.25, 0.3) is 11.2 Å². The van der Waals surface area contributed by atoms with Gasteiger partial charge in [-0.15, -0.1) is 0 Å². The van der Waals surface area contributed by atoms with E-state index in [2.05, 4.69) is 50.2 Å². The Kier molecular flexibility index (Phi) is 4.12. The van der Waals surface area contributed by atoms with Gasteiger partial charge in [-0.1, -0.05) is 19.9 Å². The molecule has 0 bridgehead atoms. The lowest BCUT2D eigenvalue weighted by Crippen LogP contribution is -2.22. The van der Waals surface area contributed by atoms with Gasteiger partial charge in [-0.25, -0.2) is 19.9 Å². The summed E-state index contributed by atoms with van der Waals surface area (Å²) in [5, 5.41) is 5.19. The van der Waals surface area contributed by atoms with Gasteiger partial charge in [-0.3, -0.25) is 0 Å². The molecule has 0 aliphatic heterocycles. The minimum absolute atomic E-state index is 0.432. The molecule has 0 aliphatic rings. The van der Waals surface area contributed by atoms with Crippen molar-refractivity contribution in [1.82, 2.24) is 30.2 Å². The summed E-state index contributed by atoms with van der Waals surface area (Å²) in [6.07, 6.45) is 4.95. The van der Waals surface area contributed by atoms with E-state index in [4.69, 9.17) is 0 Å². The number of fused-ring (bicyclic) bond motifs is 1. The number of pyridine rings is 1. The molecule has 3 aromatic rings. The first-order chi connectivity index (χ1) is 10.2. The maximum atomic E-state index is 4.47. The number of nitrogens with zero attached hydrogens (tertiary/aromatic N) is 4. The van der Waals surface area contributed by atoms with Crippen molar-refractivity contribution in [3.05, 3.63) is 36.5 Å². The summed E-state index contributed by atoms with van der Waals surface area (Å²) >= 11 is 1.53. The van der Waals surface area contributed by atoms with Gasteiger partial charge >= 0.3 is 0 Å². The maximum Gasteiger partial charge on any atom is 0.181 e. The Labute approximate surface area is 126 Å². The standard InChI is InChI=1S/C14H16N6S/c1-9(2)16-6-10-4-3-5-15-13(10)21-14-11-12(18-7-17-11)19-8-20-14/h3-5,7-9,16H,6H2,1-2H3,(H,17,18,19,20). The van der Waals surface area contributed by atoms with Crippen LogP contribution >= 0.6 is 11.8 Å². The van der Waals surface area contributed by atoms with E-state index in [0.717, 1.165) is 27.7 Å². The summed E-state index contributed by atoms with van der Waals surface area (Å²) < 4.78 is 0. The van der Waals surface area contributed by atoms with Gasteiger partial charge in [0, 0.05) is 18.8 Å². The van der Waals surface area contributed by atoms with Gasteiger partial charge < -0.3 is 10.3 Å². The number of aromatic amines is 1. The third-order valence-corrected chi connectivity index (χ3v) is 4.00. The normalized spacial score (nSPS) is 11.4. The predicted molar refractivity (Wildman–Crippen MR) is 82.0 cm³/mol. The molecule has 0 spiro atoms. The van der Waals surface area contributed by atoms with Crippen molar-refractivity contribution in [2.24, 2.45) is 0 Å². The second-order valence-corrected chi connectivity index (χ2v) is 5.86. The van der Waals surface area contributed by atoms with E-state index in [0.29, 0.717) is 11.7 Å². The van der Waals surface area contributed by atoms with Gasteiger partial charge in [0.25, 0.3) is 0 Å². The zero-order valence-electron chi connectivity index (χ0n) is 11.9. The molecule has 0 aliphatic carbocycles. The van der Waals surface area contributed by atoms with E-state index in [1.54, 1.807) is 12.5 Å². The summed E-state index contributed by atoms with van der Waals surface area (Å²) in [6, 6.07) is 4.46. The van der Waals surface area contributed by atoms with E-state index in [1.807, 2.05) is 6.07 Å². The molecule has 21 heavy (non-hydrogen) atoms. The van der Waals surface area contributed by atoms with Crippen LogP contribution in [0, 0.1) is 0 Å². The molecule has 0 atom stereocenters. The minimum atomic E-state index is 0.432. The lowest BCUT2D eigenvalue weighted by atomic mass is 10.2. The van der Waals surface area contributed by atoms with Gasteiger partial charge in [-0.2, -0.15) is 0 Å². The van der Waals surface area contributed by atoms with Crippen LogP contribution in [0.5, 0.6) is 0 Å². The Hall–Kier alpha value is -1.99. The average Bonchev–Trinajstić information content (AvgIpc) is 2.96. The highest BCUT2D eigenvalue weighted by molar-refractivity contribution is 7.99. The summed E-state index contributed by atoms with van der Waals surface area (Å²) in [5.41, 5.74) is 2.67. The van der Waals surface area contributed by atoms with Crippen molar-refractivity contribution >= 4 is 22.9 Å². The van der Waals surface area contributed by atoms with Crippen molar-refractivity contribution in [1.29, 1.82) is 0 Å². The van der Waals surface area contributed by atoms with Crippen LogP contribution < -0.4 is 5.32 Å². The van der Waals surface area contributed by atoms with Crippen LogP contribution in [0.2, 0.25) is 0 Å². The van der Waals surface area contributed by atoms with Crippen molar-refractivity contribution in [2.45, 2.75) is 36.5 Å². The van der Waals surface area contributed by atoms with Crippen LogP contribution in [0.1, 0.15) is 19.4 Å². The fraction of sp³-hybridized carbons (Fsp3) is 0.286. The Bertz CT molecular complexity index is 739. The molecule has 0 amide bonds. The number of hydrogen-bond acceptors (Lipinski definition) is 6. The number of imidazole rings is 1. The maximum absolute atomic E-state index is 4.47. The Morgan fingerprint density at radius 1 is 1.19 bits per heavy atom. The number of H-pyrrole nitrogens is 1. The molecule has 0 unspecified atom stereocenters. The van der Waals surface area contributed by atoms with E-state index >= 15 is 0 Å². The Morgan fingerprint density at radius 3 is 2.95 bits per heavy atom. The van der Waals surface area contributed by atoms with Crippen LogP contribution in [-0.4, -0.2) is 31.0 Å². The summed E-state index contributed by atoms with van der Waals surface area (Å²) in [4.78, 5) is 20.2. The Morgan fingerprint density at radius 2 is 2.10 bits per heavy atom. The SMILES string of the molecule is CC(C)NCc1cccnc1Sc1ncnc2nc[nH]c12. The second kappa shape index (κ2) is 6.19. The van der Waals surface area contributed by atoms with E-state index in [1.165, 1.54) is 18.1 Å². The lowest BCUT2D eigenvalue weighted by Gasteiger charge is -2.11. The fourth-order valence-electron chi connectivity index (χ4n) is 1.88. The van der Waals surface area contributed by atoms with Crippen LogP contribution in [0.15, 0.2) is 41.0 Å². The third kappa shape index (κ3) is 3.20. The van der Waals surface area contributed by atoms with Crippen molar-refractivity contribution in [3.63, 3.8) is 0 Å². The summed E-state index contributed by atoms with van der Waals surface area (Å²) in [5.74, 6) is 0. The summed E-state index contributed by atoms with van der Waals surface area (Å²) in [6.45, 7) is 5.04. The molecule has 6 nitrogen and oxygen atoms in total. The molecule has 3 aromatic heterocycles. The van der Waals surface area contributed by atoms with Crippen molar-refractivity contribution < 1.29 is 0 Å². The molecular formula is C14H16N6S. The number of hydrogen-bond donors (Lipinski definition) is 2. The summed E-state index contributed by atoms with van der Waals surface area (Å²) in [7, 11) is 0. The Balaban J connectivity index is 1.89. The lowest BCUT2D eigenvalue weighted by molar-refractivity contribution is 0.582. The molecule has 0 saturated heterocycles. The molecule has 3 heterocycles. The highest BCUT2D eigenvalue weighted by Gasteiger charge is 2.11. The molecule has 0 radical (unpaired) electrons. The fourth-order valence-corrected chi connectivity index (χ4v) is 2.80. The van der Waals surface area contributed by atoms with Crippen molar-refractivity contribution in [3.8, 4) is 0 Å². The van der Waals surface area contributed by atoms with Crippen molar-refractivity contribution in [2.75, 3.05) is 0 Å². The number of aromatic nitrogens is 5. The van der Waals surface area contributed by atoms with E-state index in [9.17, 15) is 0 Å². The molecule has 0 saturated carbocycles. The first-order valence-electron chi connectivity index (χ1n) is 6.73. The van der Waals surface area contributed by atoms with Gasteiger partial charge in [0.05, 0.1) is 6.33 Å². The second-order valence-electron chi connectivity index (χ2n) is 4.89. The number of rotatable bonds is 5. The van der Waals surface area contributed by atoms with E-state index in [-0.39, 0.29) is 0 Å². The molecule has 0 fully saturated rings. The predicted octanol–water partition coefficient (Wildman–Crippen LogP) is 2.40. The van der Waals surface area contributed by atoms with Gasteiger partial charge in [0.15, 0.2) is 5.65 Å². The monoisotopic (exact) mass is 300 g/mol. The first-order valence-corrected chi connectivity index (χ1v) is 7.55. The zero-order valence-corrected chi connectivity index (χ0v) is 12.7. The topological polar surface area (TPSA) is 79.4 Å². The largest absolute Gasteiger partial charge is 0.341 e. The van der Waals surface area contributed by atoms with Crippen LogP contribution in [0.4, 0.5) is 0 Å². The average molecular weight is 300 g/mol. The van der Waals surface area contributed by atoms with Gasteiger partial charge in [0.1, 0.15) is 21.9 Å². The smallest absolute Gasteiger partial charge is 0.181 e. The van der Waals surface area contributed by atoms with E-state index < -0.39 is 0 Å². The third-order valence-electron chi connectivity index (χ3n) is 2.93. The molecule has 7 heteroatoms. The molecular weight excluding hydrogens is 284 g/mol. The zero-order chi connectivity index (χ0) is 14.7. The molecule has 3 rings (SSSR count). The molecule has 0 aromatic carbocycles. The van der Waals surface area contributed by atoms with Gasteiger partial charge in [-0.05, 0) is 23.4 Å². The number of nitrogens with one attached hydrogen (secondary N) is 2. The quantitative estimate of drug-likeness (QED) is 0.704. The molecule has 108 valence electrons. The van der Waals surface area contributed by atoms with Gasteiger partial charge in [0.2, 0.25) is 0 Å².